The fourth-order valence-corrected chi connectivity index (χ4v) is 1.50. The van der Waals surface area contributed by atoms with Gasteiger partial charge in [-0.05, 0) is 29.5 Å². The number of hydrogen-bond acceptors (Lipinski definition) is 2. The molecule has 2 heteroatoms. The first kappa shape index (κ1) is 10.9. The molecule has 0 aliphatic heterocycles. The lowest BCUT2D eigenvalue weighted by molar-refractivity contribution is 0.431. The van der Waals surface area contributed by atoms with E-state index in [0.29, 0.717) is 0 Å². The minimum atomic E-state index is -0.145. The molecule has 0 unspecified atom stereocenters. The molecule has 0 radical (unpaired) electrons. The number of phenolic OH excluding ortho intramolecular Hbond substituents is 2. The van der Waals surface area contributed by atoms with Gasteiger partial charge in [-0.15, -0.1) is 0 Å². The maximum atomic E-state index is 9.77. The van der Waals surface area contributed by atoms with E-state index in [1.165, 1.54) is 0 Å². The minimum Gasteiger partial charge on any atom is -0.508 e. The summed E-state index contributed by atoms with van der Waals surface area (Å²) in [5.74, 6) is 0.544. The van der Waals surface area contributed by atoms with Crippen molar-refractivity contribution in [3.63, 3.8) is 0 Å². The van der Waals surface area contributed by atoms with Crippen LogP contribution < -0.4 is 0 Å². The van der Waals surface area contributed by atoms with Crippen LogP contribution in [-0.4, -0.2) is 10.2 Å². The molecule has 0 aromatic heterocycles. The van der Waals surface area contributed by atoms with Crippen LogP contribution in [0.15, 0.2) is 12.1 Å². The summed E-state index contributed by atoms with van der Waals surface area (Å²) in [5, 5.41) is 19.4. The second-order valence-corrected chi connectivity index (χ2v) is 4.60. The van der Waals surface area contributed by atoms with Crippen LogP contribution in [0, 0.1) is 0 Å². The van der Waals surface area contributed by atoms with Crippen LogP contribution in [0.3, 0.4) is 0 Å². The fourth-order valence-electron chi connectivity index (χ4n) is 1.50. The summed E-state index contributed by atoms with van der Waals surface area (Å²) in [5.41, 5.74) is 1.43. The molecule has 2 N–H and O–H groups in total. The van der Waals surface area contributed by atoms with E-state index in [0.717, 1.165) is 17.5 Å². The van der Waals surface area contributed by atoms with Crippen LogP contribution in [0.4, 0.5) is 0 Å². The molecular formula is C12H18O2. The van der Waals surface area contributed by atoms with E-state index in [4.69, 9.17) is 0 Å². The molecule has 0 amide bonds. The quantitative estimate of drug-likeness (QED) is 0.675. The van der Waals surface area contributed by atoms with E-state index >= 15 is 0 Å². The van der Waals surface area contributed by atoms with Crippen molar-refractivity contribution >= 4 is 0 Å². The lowest BCUT2D eigenvalue weighted by Gasteiger charge is -2.21. The van der Waals surface area contributed by atoms with Gasteiger partial charge in [0.15, 0.2) is 0 Å². The van der Waals surface area contributed by atoms with Gasteiger partial charge in [0.25, 0.3) is 0 Å². The molecule has 1 aromatic rings. The zero-order chi connectivity index (χ0) is 10.9. The van der Waals surface area contributed by atoms with Crippen molar-refractivity contribution in [2.75, 3.05) is 0 Å². The van der Waals surface area contributed by atoms with E-state index in [2.05, 4.69) is 0 Å². The topological polar surface area (TPSA) is 40.5 Å². The Hall–Kier alpha value is -1.18. The number of aryl methyl sites for hydroxylation is 1. The molecule has 2 nitrogen and oxygen atoms in total. The van der Waals surface area contributed by atoms with Gasteiger partial charge in [-0.1, -0.05) is 27.7 Å². The Morgan fingerprint density at radius 2 is 1.64 bits per heavy atom. The third-order valence-electron chi connectivity index (χ3n) is 2.39. The van der Waals surface area contributed by atoms with E-state index in [-0.39, 0.29) is 16.9 Å². The van der Waals surface area contributed by atoms with Crippen molar-refractivity contribution in [2.45, 2.75) is 39.5 Å². The molecule has 78 valence electrons. The average molecular weight is 194 g/mol. The smallest absolute Gasteiger partial charge is 0.119 e. The van der Waals surface area contributed by atoms with Gasteiger partial charge in [-0.25, -0.2) is 0 Å². The van der Waals surface area contributed by atoms with E-state index < -0.39 is 0 Å². The van der Waals surface area contributed by atoms with Crippen LogP contribution in [0.1, 0.15) is 38.8 Å². The first-order valence-corrected chi connectivity index (χ1v) is 4.91. The predicted molar refractivity (Wildman–Crippen MR) is 57.8 cm³/mol. The Morgan fingerprint density at radius 3 is 2.07 bits per heavy atom. The zero-order valence-corrected chi connectivity index (χ0v) is 9.26. The Balaban J connectivity index is 3.29. The van der Waals surface area contributed by atoms with Crippen molar-refractivity contribution in [1.29, 1.82) is 0 Å². The summed E-state index contributed by atoms with van der Waals surface area (Å²) in [6.07, 6.45) is 0.726. The molecule has 0 fully saturated rings. The van der Waals surface area contributed by atoms with Crippen LogP contribution >= 0.6 is 0 Å². The van der Waals surface area contributed by atoms with Gasteiger partial charge in [0.2, 0.25) is 0 Å². The SMILES string of the molecule is CCc1cc(O)c(C(C)(C)C)cc1O. The van der Waals surface area contributed by atoms with Crippen molar-refractivity contribution in [2.24, 2.45) is 0 Å². The third kappa shape index (κ3) is 2.00. The van der Waals surface area contributed by atoms with E-state index in [9.17, 15) is 10.2 Å². The highest BCUT2D eigenvalue weighted by Crippen LogP contribution is 2.35. The van der Waals surface area contributed by atoms with Crippen molar-refractivity contribution in [1.82, 2.24) is 0 Å². The summed E-state index contributed by atoms with van der Waals surface area (Å²) in [4.78, 5) is 0. The predicted octanol–water partition coefficient (Wildman–Crippen LogP) is 2.96. The molecule has 0 bridgehead atoms. The highest BCUT2D eigenvalue weighted by atomic mass is 16.3. The lowest BCUT2D eigenvalue weighted by atomic mass is 9.85. The maximum Gasteiger partial charge on any atom is 0.119 e. The molecule has 0 heterocycles. The Bertz CT molecular complexity index is 335. The summed E-state index contributed by atoms with van der Waals surface area (Å²) >= 11 is 0. The largest absolute Gasteiger partial charge is 0.508 e. The molecule has 0 aliphatic carbocycles. The average Bonchev–Trinajstić information content (AvgIpc) is 2.06. The normalized spacial score (nSPS) is 11.7. The minimum absolute atomic E-state index is 0.145. The summed E-state index contributed by atoms with van der Waals surface area (Å²) in [6.45, 7) is 7.97. The van der Waals surface area contributed by atoms with Gasteiger partial charge in [0.1, 0.15) is 11.5 Å². The van der Waals surface area contributed by atoms with Crippen LogP contribution in [-0.2, 0) is 11.8 Å². The summed E-state index contributed by atoms with van der Waals surface area (Å²) in [7, 11) is 0. The van der Waals surface area contributed by atoms with E-state index in [1.807, 2.05) is 27.7 Å². The zero-order valence-electron chi connectivity index (χ0n) is 9.26. The van der Waals surface area contributed by atoms with Crippen LogP contribution in [0.25, 0.3) is 0 Å². The standard InChI is InChI=1S/C12H18O2/c1-5-8-6-11(14)9(7-10(8)13)12(2,3)4/h6-7,13-14H,5H2,1-4H3. The van der Waals surface area contributed by atoms with Crippen LogP contribution in [0.5, 0.6) is 11.5 Å². The highest BCUT2D eigenvalue weighted by molar-refractivity contribution is 5.47. The number of phenols is 2. The van der Waals surface area contributed by atoms with Crippen molar-refractivity contribution < 1.29 is 10.2 Å². The monoisotopic (exact) mass is 194 g/mol. The number of rotatable bonds is 1. The molecule has 14 heavy (non-hydrogen) atoms. The summed E-state index contributed by atoms with van der Waals surface area (Å²) in [6, 6.07) is 3.31. The van der Waals surface area contributed by atoms with Crippen molar-refractivity contribution in [3.8, 4) is 11.5 Å². The maximum absolute atomic E-state index is 9.77. The number of benzene rings is 1. The van der Waals surface area contributed by atoms with Gasteiger partial charge in [0, 0.05) is 5.56 Å². The molecule has 0 aliphatic rings. The Labute approximate surface area is 85.2 Å². The molecular weight excluding hydrogens is 176 g/mol. The van der Waals surface area contributed by atoms with Gasteiger partial charge >= 0.3 is 0 Å². The molecule has 0 saturated heterocycles. The van der Waals surface area contributed by atoms with Crippen molar-refractivity contribution in [3.05, 3.63) is 23.3 Å². The first-order valence-electron chi connectivity index (χ1n) is 4.91. The molecule has 1 aromatic carbocycles. The second kappa shape index (κ2) is 3.52. The fraction of sp³-hybridized carbons (Fsp3) is 0.500. The third-order valence-corrected chi connectivity index (χ3v) is 2.39. The van der Waals surface area contributed by atoms with Gasteiger partial charge in [-0.2, -0.15) is 0 Å². The second-order valence-electron chi connectivity index (χ2n) is 4.60. The lowest BCUT2D eigenvalue weighted by Crippen LogP contribution is -2.11. The molecule has 0 spiro atoms. The Kier molecular flexibility index (Phi) is 2.74. The van der Waals surface area contributed by atoms with Gasteiger partial charge in [-0.3, -0.25) is 0 Å². The molecule has 1 rings (SSSR count). The number of aromatic hydroxyl groups is 2. The van der Waals surface area contributed by atoms with E-state index in [1.54, 1.807) is 12.1 Å². The number of hydrogen-bond donors (Lipinski definition) is 2. The van der Waals surface area contributed by atoms with Crippen LogP contribution in [0.2, 0.25) is 0 Å². The highest BCUT2D eigenvalue weighted by Gasteiger charge is 2.19. The first-order chi connectivity index (χ1) is 6.36. The Morgan fingerprint density at radius 1 is 1.07 bits per heavy atom. The van der Waals surface area contributed by atoms with Gasteiger partial charge < -0.3 is 10.2 Å². The summed E-state index contributed by atoms with van der Waals surface area (Å²) < 4.78 is 0. The van der Waals surface area contributed by atoms with Gasteiger partial charge in [0.05, 0.1) is 0 Å². The molecule has 0 atom stereocenters. The molecule has 0 saturated carbocycles.